The summed E-state index contributed by atoms with van der Waals surface area (Å²) in [6, 6.07) is 0. The molecule has 0 aromatic carbocycles. The van der Waals surface area contributed by atoms with Crippen molar-refractivity contribution in [3.8, 4) is 0 Å². The summed E-state index contributed by atoms with van der Waals surface area (Å²) in [6.07, 6.45) is 1.20. The lowest BCUT2D eigenvalue weighted by Crippen LogP contribution is -2.29. The van der Waals surface area contributed by atoms with Crippen LogP contribution in [0.3, 0.4) is 0 Å². The summed E-state index contributed by atoms with van der Waals surface area (Å²) in [5.74, 6) is -0.719. The number of hydrogen-bond donors (Lipinski definition) is 0. The Bertz CT molecular complexity index is 246. The first-order valence-electron chi connectivity index (χ1n) is 4.50. The third-order valence-corrected chi connectivity index (χ3v) is 1.67. The summed E-state index contributed by atoms with van der Waals surface area (Å²) >= 11 is 0. The Hall–Kier alpha value is -1.52. The molecule has 5 heteroatoms. The molecule has 0 spiro atoms. The van der Waals surface area contributed by atoms with Crippen molar-refractivity contribution in [2.45, 2.75) is 26.2 Å². The molecule has 0 atom stereocenters. The van der Waals surface area contributed by atoms with Crippen molar-refractivity contribution in [1.82, 2.24) is 5.06 Å². The number of imide groups is 1. The second-order valence-electron chi connectivity index (χ2n) is 2.89. The van der Waals surface area contributed by atoms with Crippen LogP contribution in [-0.4, -0.2) is 23.5 Å². The molecule has 1 aliphatic rings. The number of amides is 2. The molecule has 1 saturated heterocycles. The summed E-state index contributed by atoms with van der Waals surface area (Å²) in [5, 5.41) is 0.706. The number of carbonyl (C=O) groups excluding carboxylic acids is 2. The van der Waals surface area contributed by atoms with E-state index in [1.165, 1.54) is 0 Å². The largest absolute Gasteiger partial charge is 0.464 e. The molecule has 0 saturated carbocycles. The van der Waals surface area contributed by atoms with Gasteiger partial charge < -0.3 is 9.57 Å². The molecule has 2 amide bonds. The van der Waals surface area contributed by atoms with Crippen molar-refractivity contribution in [3.05, 3.63) is 12.5 Å². The van der Waals surface area contributed by atoms with Crippen molar-refractivity contribution in [3.63, 3.8) is 0 Å². The highest BCUT2D eigenvalue weighted by Gasteiger charge is 2.31. The fourth-order valence-electron chi connectivity index (χ4n) is 1.00. The smallest absolute Gasteiger partial charge is 0.300 e. The molecule has 1 aliphatic heterocycles. The minimum Gasteiger partial charge on any atom is -0.464 e. The van der Waals surface area contributed by atoms with Crippen molar-refractivity contribution < 1.29 is 19.2 Å². The summed E-state index contributed by atoms with van der Waals surface area (Å²) in [6.45, 7) is 5.82. The quantitative estimate of drug-likeness (QED) is 0.489. The third-order valence-electron chi connectivity index (χ3n) is 1.67. The zero-order valence-electron chi connectivity index (χ0n) is 8.12. The van der Waals surface area contributed by atoms with E-state index >= 15 is 0 Å². The van der Waals surface area contributed by atoms with E-state index < -0.39 is 0 Å². The highest BCUT2D eigenvalue weighted by Crippen LogP contribution is 2.14. The van der Waals surface area contributed by atoms with Crippen molar-refractivity contribution in [2.24, 2.45) is 0 Å². The van der Waals surface area contributed by atoms with E-state index in [0.29, 0.717) is 11.7 Å². The van der Waals surface area contributed by atoms with Gasteiger partial charge in [-0.1, -0.05) is 6.92 Å². The molecule has 1 rings (SSSR count). The molecule has 1 heterocycles. The lowest BCUT2D eigenvalue weighted by Gasteiger charge is -2.15. The van der Waals surface area contributed by atoms with E-state index in [2.05, 4.69) is 6.58 Å². The number of rotatable bonds is 5. The zero-order chi connectivity index (χ0) is 10.6. The minimum absolute atomic E-state index is 0.0181. The van der Waals surface area contributed by atoms with Gasteiger partial charge >= 0.3 is 0 Å². The standard InChI is InChI=1S/C9H13NO4/c1-3-6-13-7(2)14-10-8(11)4-5-9(10)12/h2-6H2,1H3. The third kappa shape index (κ3) is 2.48. The lowest BCUT2D eigenvalue weighted by molar-refractivity contribution is -0.189. The van der Waals surface area contributed by atoms with Crippen LogP contribution in [0.4, 0.5) is 0 Å². The summed E-state index contributed by atoms with van der Waals surface area (Å²) < 4.78 is 4.99. The molecule has 0 unspecified atom stereocenters. The van der Waals surface area contributed by atoms with Crippen molar-refractivity contribution >= 4 is 11.8 Å². The van der Waals surface area contributed by atoms with Crippen LogP contribution < -0.4 is 0 Å². The number of hydrogen-bond acceptors (Lipinski definition) is 4. The van der Waals surface area contributed by atoms with Gasteiger partial charge in [0.25, 0.3) is 17.8 Å². The van der Waals surface area contributed by atoms with E-state index in [0.717, 1.165) is 6.42 Å². The van der Waals surface area contributed by atoms with E-state index in [-0.39, 0.29) is 30.6 Å². The van der Waals surface area contributed by atoms with Gasteiger partial charge in [-0.25, -0.2) is 0 Å². The van der Waals surface area contributed by atoms with Gasteiger partial charge in [0.1, 0.15) is 0 Å². The Labute approximate surface area is 82.2 Å². The van der Waals surface area contributed by atoms with E-state index in [1.807, 2.05) is 6.92 Å². The lowest BCUT2D eigenvalue weighted by atomic mass is 10.4. The van der Waals surface area contributed by atoms with Gasteiger partial charge in [-0.3, -0.25) is 9.59 Å². The second-order valence-corrected chi connectivity index (χ2v) is 2.89. The fourth-order valence-corrected chi connectivity index (χ4v) is 1.00. The van der Waals surface area contributed by atoms with E-state index in [1.54, 1.807) is 0 Å². The molecule has 1 fully saturated rings. The van der Waals surface area contributed by atoms with Gasteiger partial charge in [0.2, 0.25) is 0 Å². The van der Waals surface area contributed by atoms with Crippen LogP contribution in [0.5, 0.6) is 0 Å². The molecule has 78 valence electrons. The predicted octanol–water partition coefficient (Wildman–Crippen LogP) is 0.965. The first kappa shape index (κ1) is 10.6. The monoisotopic (exact) mass is 199 g/mol. The number of nitrogens with zero attached hydrogens (tertiary/aromatic N) is 1. The molecule has 0 bridgehead atoms. The second kappa shape index (κ2) is 4.64. The molecule has 0 N–H and O–H groups in total. The Morgan fingerprint density at radius 2 is 2.00 bits per heavy atom. The first-order valence-corrected chi connectivity index (χ1v) is 4.50. The molecule has 0 aliphatic carbocycles. The van der Waals surface area contributed by atoms with Crippen LogP contribution in [0.25, 0.3) is 0 Å². The number of hydroxylamine groups is 2. The Morgan fingerprint density at radius 1 is 1.43 bits per heavy atom. The van der Waals surface area contributed by atoms with Crippen molar-refractivity contribution in [1.29, 1.82) is 0 Å². The predicted molar refractivity (Wildman–Crippen MR) is 47.6 cm³/mol. The average molecular weight is 199 g/mol. The van der Waals surface area contributed by atoms with E-state index in [4.69, 9.17) is 9.57 Å². The van der Waals surface area contributed by atoms with Gasteiger partial charge in [0.05, 0.1) is 6.61 Å². The molecule has 0 aromatic heterocycles. The molecular formula is C9H13NO4. The summed E-state index contributed by atoms with van der Waals surface area (Å²) in [7, 11) is 0. The van der Waals surface area contributed by atoms with Gasteiger partial charge in [0, 0.05) is 12.8 Å². The van der Waals surface area contributed by atoms with Crippen molar-refractivity contribution in [2.75, 3.05) is 6.61 Å². The molecule has 0 aromatic rings. The highest BCUT2D eigenvalue weighted by molar-refractivity contribution is 6.00. The fraction of sp³-hybridized carbons (Fsp3) is 0.556. The average Bonchev–Trinajstić information content (AvgIpc) is 2.46. The highest BCUT2D eigenvalue weighted by atomic mass is 16.8. The van der Waals surface area contributed by atoms with Crippen LogP contribution in [0.2, 0.25) is 0 Å². The Balaban J connectivity index is 2.39. The Kier molecular flexibility index (Phi) is 3.50. The molecule has 14 heavy (non-hydrogen) atoms. The first-order chi connectivity index (χ1) is 6.65. The number of carbonyl (C=O) groups is 2. The zero-order valence-corrected chi connectivity index (χ0v) is 8.12. The van der Waals surface area contributed by atoms with Crippen LogP contribution in [0.15, 0.2) is 12.5 Å². The maximum Gasteiger partial charge on any atom is 0.300 e. The molecular weight excluding hydrogens is 186 g/mol. The molecule has 5 nitrogen and oxygen atoms in total. The maximum absolute atomic E-state index is 11.1. The van der Waals surface area contributed by atoms with Gasteiger partial charge in [-0.15, -0.1) is 5.06 Å². The summed E-state index contributed by atoms with van der Waals surface area (Å²) in [5.41, 5.74) is 0. The van der Waals surface area contributed by atoms with Gasteiger partial charge in [0.15, 0.2) is 0 Å². The van der Waals surface area contributed by atoms with Crippen LogP contribution in [0, 0.1) is 0 Å². The van der Waals surface area contributed by atoms with E-state index in [9.17, 15) is 9.59 Å². The van der Waals surface area contributed by atoms with Crippen LogP contribution in [0.1, 0.15) is 26.2 Å². The normalized spacial score (nSPS) is 15.9. The maximum atomic E-state index is 11.1. The minimum atomic E-state index is -0.351. The van der Waals surface area contributed by atoms with Crippen LogP contribution in [-0.2, 0) is 19.2 Å². The summed E-state index contributed by atoms with van der Waals surface area (Å²) in [4.78, 5) is 27.0. The Morgan fingerprint density at radius 3 is 2.50 bits per heavy atom. The SMILES string of the molecule is C=C(OCCC)ON1C(=O)CCC1=O. The number of ether oxygens (including phenoxy) is 1. The topological polar surface area (TPSA) is 55.8 Å². The molecule has 0 radical (unpaired) electrons. The van der Waals surface area contributed by atoms with Crippen LogP contribution >= 0.6 is 0 Å². The van der Waals surface area contributed by atoms with Gasteiger partial charge in [-0.2, -0.15) is 0 Å². The van der Waals surface area contributed by atoms with Gasteiger partial charge in [-0.05, 0) is 13.0 Å².